The molecule has 5 rings (SSSR count). The van der Waals surface area contributed by atoms with Crippen LogP contribution in [-0.2, 0) is 57.3 Å². The molecule has 0 bridgehead atoms. The average molecular weight is 643 g/mol. The Morgan fingerprint density at radius 3 is 1.72 bits per heavy atom. The highest BCUT2D eigenvalue weighted by molar-refractivity contribution is 5.75. The number of carbonyl (C=O) groups is 3. The molecule has 2 heterocycles. The van der Waals surface area contributed by atoms with E-state index in [-0.39, 0.29) is 6.42 Å². The van der Waals surface area contributed by atoms with E-state index in [0.717, 1.165) is 16.7 Å². The SMILES string of the molecule is CO[C@H]1O[C@H](CO)[C@@H](OC(=O)CCc2ccccc2)[C@@H]2OC(=O)[C@H](Cc3ccccc3)C/C=C\C[C@@H](Cc3ccccc3)C(=O)O[C@@H]12. The Balaban J connectivity index is 1.46. The number of esters is 3. The van der Waals surface area contributed by atoms with Gasteiger partial charge in [-0.1, -0.05) is 103 Å². The third kappa shape index (κ3) is 9.38. The second-order valence-corrected chi connectivity index (χ2v) is 11.9. The van der Waals surface area contributed by atoms with Crippen molar-refractivity contribution in [1.82, 2.24) is 0 Å². The van der Waals surface area contributed by atoms with Gasteiger partial charge in [0.15, 0.2) is 24.6 Å². The largest absolute Gasteiger partial charge is 0.455 e. The van der Waals surface area contributed by atoms with Crippen molar-refractivity contribution in [1.29, 1.82) is 0 Å². The maximum atomic E-state index is 13.9. The van der Waals surface area contributed by atoms with Crippen LogP contribution in [0, 0.1) is 11.8 Å². The highest BCUT2D eigenvalue weighted by Gasteiger charge is 2.53. The highest BCUT2D eigenvalue weighted by atomic mass is 16.7. The van der Waals surface area contributed by atoms with E-state index in [1.807, 2.05) is 103 Å². The molecule has 0 spiro atoms. The fourth-order valence-electron chi connectivity index (χ4n) is 6.02. The average Bonchev–Trinajstić information content (AvgIpc) is 3.10. The van der Waals surface area contributed by atoms with Crippen molar-refractivity contribution in [3.05, 3.63) is 120 Å². The Morgan fingerprint density at radius 1 is 0.745 bits per heavy atom. The first-order chi connectivity index (χ1) is 22.9. The van der Waals surface area contributed by atoms with E-state index < -0.39 is 67.1 Å². The summed E-state index contributed by atoms with van der Waals surface area (Å²) in [6.07, 6.45) is -0.291. The maximum Gasteiger partial charge on any atom is 0.310 e. The molecule has 1 N–H and O–H groups in total. The fourth-order valence-corrected chi connectivity index (χ4v) is 6.02. The lowest BCUT2D eigenvalue weighted by molar-refractivity contribution is -0.304. The molecule has 0 aliphatic carbocycles. The summed E-state index contributed by atoms with van der Waals surface area (Å²) < 4.78 is 29.7. The van der Waals surface area contributed by atoms with Crippen molar-refractivity contribution in [2.24, 2.45) is 11.8 Å². The van der Waals surface area contributed by atoms with E-state index in [9.17, 15) is 19.5 Å². The summed E-state index contributed by atoms with van der Waals surface area (Å²) in [5, 5.41) is 10.3. The van der Waals surface area contributed by atoms with Crippen LogP contribution in [0.5, 0.6) is 0 Å². The van der Waals surface area contributed by atoms with E-state index in [1.54, 1.807) is 0 Å². The predicted molar refractivity (Wildman–Crippen MR) is 173 cm³/mol. The van der Waals surface area contributed by atoms with E-state index >= 15 is 0 Å². The van der Waals surface area contributed by atoms with Gasteiger partial charge in [-0.2, -0.15) is 0 Å². The zero-order valence-electron chi connectivity index (χ0n) is 26.5. The summed E-state index contributed by atoms with van der Waals surface area (Å²) >= 11 is 0. The number of hydrogen-bond acceptors (Lipinski definition) is 9. The Hall–Kier alpha value is -4.31. The normalized spacial score (nSPS) is 27.2. The standard InChI is InChI=1S/C38H42O9/c1-43-38-35-34(33(31(25-39)44-38)45-32(40)22-21-26-13-5-2-6-14-26)46-36(41)29(23-27-15-7-3-8-16-27)19-11-12-20-30(37(42)47-35)24-28-17-9-4-10-18-28/h2-18,29-31,33-35,38-39H,19-25H2,1H3/b12-11-/t29-,30-,31+,33+,34-,35+,38-/m0/s1. The number of hydrogen-bond donors (Lipinski definition) is 1. The molecule has 1 fully saturated rings. The molecular formula is C38H42O9. The molecule has 3 aromatic rings. The summed E-state index contributed by atoms with van der Waals surface area (Å²) in [5.74, 6) is -2.80. The van der Waals surface area contributed by atoms with E-state index in [1.165, 1.54) is 7.11 Å². The van der Waals surface area contributed by atoms with Crippen LogP contribution < -0.4 is 0 Å². The molecule has 0 aromatic heterocycles. The summed E-state index contributed by atoms with van der Waals surface area (Å²) in [5.41, 5.74) is 2.88. The molecule has 1 saturated heterocycles. The van der Waals surface area contributed by atoms with Crippen molar-refractivity contribution < 1.29 is 43.2 Å². The first kappa shape index (κ1) is 34.0. The summed E-state index contributed by atoms with van der Waals surface area (Å²) in [6.45, 7) is -0.558. The van der Waals surface area contributed by atoms with Gasteiger partial charge >= 0.3 is 17.9 Å². The van der Waals surface area contributed by atoms with Gasteiger partial charge in [-0.05, 0) is 48.8 Å². The summed E-state index contributed by atoms with van der Waals surface area (Å²) in [4.78, 5) is 40.9. The number of rotatable bonds is 10. The number of aliphatic hydroxyl groups is 1. The third-order valence-electron chi connectivity index (χ3n) is 8.56. The fraction of sp³-hybridized carbons (Fsp3) is 0.395. The molecular weight excluding hydrogens is 600 g/mol. The van der Waals surface area contributed by atoms with Gasteiger partial charge in [0.1, 0.15) is 6.10 Å². The van der Waals surface area contributed by atoms with Gasteiger partial charge < -0.3 is 28.8 Å². The van der Waals surface area contributed by atoms with Gasteiger partial charge in [0.25, 0.3) is 0 Å². The molecule has 9 nitrogen and oxygen atoms in total. The van der Waals surface area contributed by atoms with Crippen LogP contribution in [0.3, 0.4) is 0 Å². The van der Waals surface area contributed by atoms with Gasteiger partial charge in [0, 0.05) is 13.5 Å². The number of ether oxygens (including phenoxy) is 5. The maximum absolute atomic E-state index is 13.9. The molecule has 0 saturated carbocycles. The second-order valence-electron chi connectivity index (χ2n) is 11.9. The van der Waals surface area contributed by atoms with Crippen molar-refractivity contribution in [2.45, 2.75) is 69.2 Å². The number of aryl methyl sites for hydroxylation is 1. The predicted octanol–water partition coefficient (Wildman–Crippen LogP) is 4.79. The van der Waals surface area contributed by atoms with Crippen molar-refractivity contribution >= 4 is 17.9 Å². The molecule has 248 valence electrons. The highest BCUT2D eigenvalue weighted by Crippen LogP contribution is 2.32. The van der Waals surface area contributed by atoms with Gasteiger partial charge in [-0.15, -0.1) is 0 Å². The van der Waals surface area contributed by atoms with E-state index in [2.05, 4.69) is 0 Å². The lowest BCUT2D eigenvalue weighted by Gasteiger charge is -2.44. The molecule has 9 heteroatoms. The molecule has 0 unspecified atom stereocenters. The minimum atomic E-state index is -1.30. The van der Waals surface area contributed by atoms with Crippen molar-refractivity contribution in [2.75, 3.05) is 13.7 Å². The summed E-state index contributed by atoms with van der Waals surface area (Å²) in [7, 11) is 1.37. The molecule has 0 radical (unpaired) electrons. The zero-order chi connectivity index (χ0) is 33.0. The lowest BCUT2D eigenvalue weighted by Crippen LogP contribution is -2.63. The monoisotopic (exact) mass is 642 g/mol. The van der Waals surface area contributed by atoms with Crippen LogP contribution in [0.15, 0.2) is 103 Å². The molecule has 47 heavy (non-hydrogen) atoms. The Kier molecular flexibility index (Phi) is 12.3. The third-order valence-corrected chi connectivity index (χ3v) is 8.56. The first-order valence-corrected chi connectivity index (χ1v) is 16.1. The van der Waals surface area contributed by atoms with E-state index in [0.29, 0.717) is 32.1 Å². The van der Waals surface area contributed by atoms with Crippen LogP contribution in [0.4, 0.5) is 0 Å². The Labute approximate surface area is 275 Å². The molecule has 2 aliphatic rings. The molecule has 7 atom stereocenters. The van der Waals surface area contributed by atoms with E-state index in [4.69, 9.17) is 23.7 Å². The van der Waals surface area contributed by atoms with Crippen molar-refractivity contribution in [3.8, 4) is 0 Å². The second kappa shape index (κ2) is 17.0. The number of methoxy groups -OCH3 is 1. The lowest BCUT2D eigenvalue weighted by atomic mass is 9.92. The number of allylic oxidation sites excluding steroid dienone is 2. The topological polar surface area (TPSA) is 118 Å². The minimum Gasteiger partial charge on any atom is -0.455 e. The Morgan fingerprint density at radius 2 is 1.23 bits per heavy atom. The minimum absolute atomic E-state index is 0.0397. The van der Waals surface area contributed by atoms with Gasteiger partial charge in [-0.3, -0.25) is 14.4 Å². The number of aliphatic hydroxyl groups excluding tert-OH is 1. The number of fused-ring (bicyclic) bond motifs is 1. The van der Waals surface area contributed by atoms with Gasteiger partial charge in [0.2, 0.25) is 0 Å². The molecule has 0 amide bonds. The van der Waals surface area contributed by atoms with Gasteiger partial charge in [0.05, 0.1) is 18.4 Å². The van der Waals surface area contributed by atoms with Crippen molar-refractivity contribution in [3.63, 3.8) is 0 Å². The smallest absolute Gasteiger partial charge is 0.310 e. The van der Waals surface area contributed by atoms with Crippen LogP contribution in [0.1, 0.15) is 36.0 Å². The zero-order valence-corrected chi connectivity index (χ0v) is 26.5. The van der Waals surface area contributed by atoms with Crippen LogP contribution >= 0.6 is 0 Å². The Bertz CT molecular complexity index is 1460. The van der Waals surface area contributed by atoms with Gasteiger partial charge in [-0.25, -0.2) is 0 Å². The number of carbonyl (C=O) groups excluding carboxylic acids is 3. The first-order valence-electron chi connectivity index (χ1n) is 16.1. The summed E-state index contributed by atoms with van der Waals surface area (Å²) in [6, 6.07) is 28.8. The molecule has 2 aliphatic heterocycles. The van der Waals surface area contributed by atoms with Crippen LogP contribution in [0.2, 0.25) is 0 Å². The van der Waals surface area contributed by atoms with Crippen LogP contribution in [-0.4, -0.2) is 67.4 Å². The number of benzene rings is 3. The molecule has 3 aromatic carbocycles. The quantitative estimate of drug-likeness (QED) is 0.189. The van der Waals surface area contributed by atoms with Crippen LogP contribution in [0.25, 0.3) is 0 Å².